The summed E-state index contributed by atoms with van der Waals surface area (Å²) in [4.78, 5) is 23.8. The van der Waals surface area contributed by atoms with Crippen molar-refractivity contribution in [3.05, 3.63) is 54.1 Å². The maximum atomic E-state index is 12.2. The Hall–Kier alpha value is -2.61. The van der Waals surface area contributed by atoms with E-state index < -0.39 is 24.2 Å². The van der Waals surface area contributed by atoms with Crippen molar-refractivity contribution in [1.82, 2.24) is 0 Å². The number of phenolic OH excluding ortho intramolecular Hbond substituents is 1. The molecule has 0 saturated heterocycles. The summed E-state index contributed by atoms with van der Waals surface area (Å²) in [5, 5.41) is 11.6. The van der Waals surface area contributed by atoms with Crippen LogP contribution in [0.1, 0.15) is 10.4 Å². The number of amides is 1. The summed E-state index contributed by atoms with van der Waals surface area (Å²) in [7, 11) is 0. The largest absolute Gasteiger partial charge is 0.508 e. The van der Waals surface area contributed by atoms with E-state index in [4.69, 9.17) is 9.84 Å². The van der Waals surface area contributed by atoms with Gasteiger partial charge in [-0.25, -0.2) is 4.79 Å². The number of ether oxygens (including phenoxy) is 1. The molecule has 1 amide bonds. The summed E-state index contributed by atoms with van der Waals surface area (Å²) in [6, 6.07) is 11.3. The zero-order chi connectivity index (χ0) is 17.5. The number of benzene rings is 2. The van der Waals surface area contributed by atoms with Gasteiger partial charge in [0.1, 0.15) is 5.75 Å². The molecular formula is C16H13F2NO4S. The molecule has 0 aliphatic heterocycles. The van der Waals surface area contributed by atoms with Crippen LogP contribution in [-0.2, 0) is 9.53 Å². The van der Waals surface area contributed by atoms with Gasteiger partial charge in [0.15, 0.2) is 6.61 Å². The van der Waals surface area contributed by atoms with Crippen LogP contribution < -0.4 is 5.32 Å². The van der Waals surface area contributed by atoms with Gasteiger partial charge in [-0.2, -0.15) is 8.78 Å². The molecule has 0 aliphatic carbocycles. The predicted molar refractivity (Wildman–Crippen MR) is 85.3 cm³/mol. The number of carbonyl (C=O) groups excluding carboxylic acids is 2. The fourth-order valence-electron chi connectivity index (χ4n) is 1.73. The molecule has 0 unspecified atom stereocenters. The Labute approximate surface area is 140 Å². The van der Waals surface area contributed by atoms with E-state index in [1.165, 1.54) is 48.5 Å². The van der Waals surface area contributed by atoms with Gasteiger partial charge in [-0.3, -0.25) is 4.79 Å². The molecule has 0 spiro atoms. The molecule has 2 aromatic carbocycles. The predicted octanol–water partition coefficient (Wildman–Crippen LogP) is 3.50. The van der Waals surface area contributed by atoms with Crippen molar-refractivity contribution in [3.8, 4) is 5.75 Å². The van der Waals surface area contributed by atoms with Gasteiger partial charge in [-0.1, -0.05) is 11.8 Å². The van der Waals surface area contributed by atoms with Gasteiger partial charge in [-0.05, 0) is 48.5 Å². The lowest BCUT2D eigenvalue weighted by Gasteiger charge is -2.07. The van der Waals surface area contributed by atoms with Gasteiger partial charge < -0.3 is 15.2 Å². The van der Waals surface area contributed by atoms with Crippen molar-refractivity contribution in [3.63, 3.8) is 0 Å². The molecule has 0 radical (unpaired) electrons. The maximum Gasteiger partial charge on any atom is 0.338 e. The van der Waals surface area contributed by atoms with Gasteiger partial charge >= 0.3 is 5.97 Å². The fraction of sp³-hybridized carbons (Fsp3) is 0.125. The number of phenols is 1. The van der Waals surface area contributed by atoms with Gasteiger partial charge in [0.2, 0.25) is 0 Å². The maximum absolute atomic E-state index is 12.2. The van der Waals surface area contributed by atoms with Gasteiger partial charge in [0.05, 0.1) is 5.56 Å². The lowest BCUT2D eigenvalue weighted by Crippen LogP contribution is -2.20. The summed E-state index contributed by atoms with van der Waals surface area (Å²) >= 11 is 0.406. The second kappa shape index (κ2) is 8.30. The normalized spacial score (nSPS) is 10.5. The molecule has 0 aromatic heterocycles. The third kappa shape index (κ3) is 5.54. The molecule has 2 rings (SSSR count). The second-order valence-electron chi connectivity index (χ2n) is 4.57. The van der Waals surface area contributed by atoms with Crippen LogP contribution >= 0.6 is 11.8 Å². The zero-order valence-corrected chi connectivity index (χ0v) is 13.1. The third-order valence-corrected chi connectivity index (χ3v) is 3.52. The first-order chi connectivity index (χ1) is 11.4. The van der Waals surface area contributed by atoms with Crippen LogP contribution in [0.25, 0.3) is 0 Å². The summed E-state index contributed by atoms with van der Waals surface area (Å²) in [5.41, 5.74) is 0.605. The van der Waals surface area contributed by atoms with Gasteiger partial charge in [-0.15, -0.1) is 0 Å². The number of carbonyl (C=O) groups is 2. The number of aromatic hydroxyl groups is 1. The molecule has 2 aromatic rings. The number of alkyl halides is 2. The van der Waals surface area contributed by atoms with E-state index in [0.29, 0.717) is 22.3 Å². The SMILES string of the molecule is O=C(COC(=O)c1ccc(O)cc1)Nc1ccc(SC(F)F)cc1. The Bertz CT molecular complexity index is 705. The first kappa shape index (κ1) is 17.7. The van der Waals surface area contributed by atoms with E-state index in [0.717, 1.165) is 0 Å². The highest BCUT2D eigenvalue weighted by Crippen LogP contribution is 2.26. The molecular weight excluding hydrogens is 340 g/mol. The number of hydrogen-bond donors (Lipinski definition) is 2. The molecule has 2 N–H and O–H groups in total. The molecule has 0 saturated carbocycles. The lowest BCUT2D eigenvalue weighted by molar-refractivity contribution is -0.119. The quantitative estimate of drug-likeness (QED) is 0.614. The monoisotopic (exact) mass is 353 g/mol. The van der Waals surface area contributed by atoms with Crippen molar-refractivity contribution in [2.75, 3.05) is 11.9 Å². The van der Waals surface area contributed by atoms with E-state index in [2.05, 4.69) is 5.32 Å². The van der Waals surface area contributed by atoms with Crippen LogP contribution in [0.3, 0.4) is 0 Å². The number of nitrogens with one attached hydrogen (secondary N) is 1. The van der Waals surface area contributed by atoms with Gasteiger partial charge in [0, 0.05) is 10.6 Å². The minimum atomic E-state index is -2.51. The van der Waals surface area contributed by atoms with Crippen LogP contribution in [0.5, 0.6) is 5.75 Å². The minimum Gasteiger partial charge on any atom is -0.508 e. The van der Waals surface area contributed by atoms with Crippen molar-refractivity contribution < 1.29 is 28.2 Å². The average molecular weight is 353 g/mol. The highest BCUT2D eigenvalue weighted by atomic mass is 32.2. The molecule has 126 valence electrons. The van der Waals surface area contributed by atoms with Crippen LogP contribution in [-0.4, -0.2) is 29.3 Å². The first-order valence-corrected chi connectivity index (χ1v) is 7.63. The van der Waals surface area contributed by atoms with Crippen molar-refractivity contribution in [1.29, 1.82) is 0 Å². The van der Waals surface area contributed by atoms with Gasteiger partial charge in [0.25, 0.3) is 11.7 Å². The van der Waals surface area contributed by atoms with Crippen LogP contribution in [0, 0.1) is 0 Å². The van der Waals surface area contributed by atoms with Crippen LogP contribution in [0.2, 0.25) is 0 Å². The summed E-state index contributed by atoms with van der Waals surface area (Å²) in [6.07, 6.45) is 0. The Kier molecular flexibility index (Phi) is 6.14. The van der Waals surface area contributed by atoms with E-state index in [1.807, 2.05) is 0 Å². The fourth-order valence-corrected chi connectivity index (χ4v) is 2.23. The molecule has 0 heterocycles. The van der Waals surface area contributed by atoms with E-state index in [-0.39, 0.29) is 11.3 Å². The molecule has 0 aliphatic rings. The number of esters is 1. The number of anilines is 1. The van der Waals surface area contributed by atoms with E-state index in [9.17, 15) is 18.4 Å². The van der Waals surface area contributed by atoms with E-state index in [1.54, 1.807) is 0 Å². The Balaban J connectivity index is 1.82. The van der Waals surface area contributed by atoms with Crippen LogP contribution in [0.4, 0.5) is 14.5 Å². The number of halogens is 2. The smallest absolute Gasteiger partial charge is 0.338 e. The minimum absolute atomic E-state index is 0.0118. The van der Waals surface area contributed by atoms with Crippen LogP contribution in [0.15, 0.2) is 53.4 Å². The average Bonchev–Trinajstić information content (AvgIpc) is 2.54. The zero-order valence-electron chi connectivity index (χ0n) is 12.2. The summed E-state index contributed by atoms with van der Waals surface area (Å²) in [6.45, 7) is -0.493. The highest BCUT2D eigenvalue weighted by Gasteiger charge is 2.11. The van der Waals surface area contributed by atoms with E-state index >= 15 is 0 Å². The third-order valence-electron chi connectivity index (χ3n) is 2.80. The molecule has 0 bridgehead atoms. The topological polar surface area (TPSA) is 75.6 Å². The lowest BCUT2D eigenvalue weighted by atomic mass is 10.2. The van der Waals surface area contributed by atoms with Crippen molar-refractivity contribution in [2.24, 2.45) is 0 Å². The molecule has 0 fully saturated rings. The molecule has 8 heteroatoms. The van der Waals surface area contributed by atoms with Crippen molar-refractivity contribution in [2.45, 2.75) is 10.7 Å². The highest BCUT2D eigenvalue weighted by molar-refractivity contribution is 7.99. The standard InChI is InChI=1S/C16H13F2NO4S/c17-16(18)24-13-7-3-11(4-8-13)19-14(21)9-23-15(22)10-1-5-12(20)6-2-10/h1-8,16,20H,9H2,(H,19,21). The Morgan fingerprint density at radius 2 is 1.71 bits per heavy atom. The molecule has 0 atom stereocenters. The Morgan fingerprint density at radius 3 is 2.29 bits per heavy atom. The number of rotatable bonds is 6. The number of hydrogen-bond acceptors (Lipinski definition) is 5. The van der Waals surface area contributed by atoms with Crippen molar-refractivity contribution >= 4 is 29.3 Å². The number of thioether (sulfide) groups is 1. The Morgan fingerprint density at radius 1 is 1.08 bits per heavy atom. The summed E-state index contributed by atoms with van der Waals surface area (Å²) in [5.74, 6) is -3.76. The molecule has 24 heavy (non-hydrogen) atoms. The summed E-state index contributed by atoms with van der Waals surface area (Å²) < 4.78 is 29.2. The second-order valence-corrected chi connectivity index (χ2v) is 5.64. The first-order valence-electron chi connectivity index (χ1n) is 6.75. The molecule has 5 nitrogen and oxygen atoms in total.